The minimum atomic E-state index is -1.07. The van der Waals surface area contributed by atoms with Crippen LogP contribution in [-0.2, 0) is 38.5 Å². The summed E-state index contributed by atoms with van der Waals surface area (Å²) in [5, 5.41) is 24.8. The third-order valence-electron chi connectivity index (χ3n) is 8.20. The zero-order valence-corrected chi connectivity index (χ0v) is 38.2. The molecule has 18 heteroatoms. The Morgan fingerprint density at radius 2 is 1.16 bits per heavy atom. The van der Waals surface area contributed by atoms with Crippen LogP contribution in [0.5, 0.6) is 34.5 Å². The van der Waals surface area contributed by atoms with E-state index in [-0.39, 0.29) is 37.4 Å². The van der Waals surface area contributed by atoms with Crippen molar-refractivity contribution >= 4 is 103 Å². The zero-order valence-electron chi connectivity index (χ0n) is 30.3. The highest BCUT2D eigenvalue weighted by atomic mass is 79.9. The first-order valence-electron chi connectivity index (χ1n) is 16.7. The van der Waals surface area contributed by atoms with E-state index >= 15 is 0 Å². The Kier molecular flexibility index (Phi) is 15.6. The molecule has 0 fully saturated rings. The summed E-state index contributed by atoms with van der Waals surface area (Å²) in [6, 6.07) is 15.9. The molecule has 296 valence electrons. The highest BCUT2D eigenvalue weighted by molar-refractivity contribution is 9.11. The number of amides is 2. The van der Waals surface area contributed by atoms with Gasteiger partial charge in [0.2, 0.25) is 0 Å². The topological polar surface area (TPSA) is 159 Å². The largest absolute Gasteiger partial charge is 0.492 e. The Balaban J connectivity index is 1.54. The van der Waals surface area contributed by atoms with Gasteiger partial charge < -0.3 is 44.4 Å². The number of hydrogen-bond donors (Lipinski definition) is 3. The van der Waals surface area contributed by atoms with Gasteiger partial charge in [0, 0.05) is 25.9 Å². The van der Waals surface area contributed by atoms with Gasteiger partial charge in [0.05, 0.1) is 42.7 Å². The van der Waals surface area contributed by atoms with Gasteiger partial charge in [-0.3, -0.25) is 9.59 Å². The lowest BCUT2D eigenvalue weighted by Gasteiger charge is -2.18. The summed E-state index contributed by atoms with van der Waals surface area (Å²) in [4.78, 5) is 36.9. The Hall–Kier alpha value is -3.68. The van der Waals surface area contributed by atoms with Gasteiger partial charge in [-0.2, -0.15) is 0 Å². The average molecular weight is 1090 g/mol. The smallest absolute Gasteiger partial charge is 0.269 e. The van der Waals surface area contributed by atoms with Crippen molar-refractivity contribution in [2.24, 2.45) is 10.3 Å². The van der Waals surface area contributed by atoms with Gasteiger partial charge >= 0.3 is 0 Å². The molecule has 0 aliphatic carbocycles. The lowest BCUT2D eigenvalue weighted by Crippen LogP contribution is -2.35. The van der Waals surface area contributed by atoms with E-state index in [0.717, 1.165) is 11.1 Å². The van der Waals surface area contributed by atoms with Crippen LogP contribution in [0, 0.1) is 0 Å². The molecule has 0 spiro atoms. The third kappa shape index (κ3) is 10.8. The highest BCUT2D eigenvalue weighted by Crippen LogP contribution is 2.45. The number of nitrogens with one attached hydrogen (secondary N) is 2. The molecule has 1 unspecified atom stereocenters. The van der Waals surface area contributed by atoms with Crippen molar-refractivity contribution in [2.75, 3.05) is 41.5 Å². The maximum absolute atomic E-state index is 13.4. The summed E-state index contributed by atoms with van der Waals surface area (Å²) in [7, 11) is 5.76. The lowest BCUT2D eigenvalue weighted by atomic mass is 10.1. The van der Waals surface area contributed by atoms with Crippen molar-refractivity contribution in [1.82, 2.24) is 10.6 Å². The average Bonchev–Trinajstić information content (AvgIpc) is 3.15. The molecular weight excluding hydrogens is 1060 g/mol. The van der Waals surface area contributed by atoms with Crippen molar-refractivity contribution in [3.63, 3.8) is 0 Å². The van der Waals surface area contributed by atoms with Crippen LogP contribution >= 0.6 is 79.6 Å². The number of carbonyl (C=O) groups is 2. The predicted octanol–water partition coefficient (Wildman–Crippen LogP) is 8.71. The van der Waals surface area contributed by atoms with Crippen LogP contribution in [0.1, 0.15) is 28.4 Å². The van der Waals surface area contributed by atoms with Gasteiger partial charge in [0.1, 0.15) is 31.4 Å². The molecule has 0 saturated heterocycles. The highest BCUT2D eigenvalue weighted by Gasteiger charge is 2.23. The molecule has 0 saturated carbocycles. The standard InChI is InChI=1S/C38H35Br5N4O9/c1-51-35-26(42)9-19-7-8-44-37(49)28(46-53-3)13-20-10-24(40)34(25(41)11-20)56-33-16-21(12-27(43)36(33)52-2)14-29(47-54-4)38(50)45-18-30(48)22-5-6-31(23(39)17-22)55-32(35)15-19/h5-6,9-12,15-17,30,48H,7-8,13-14,18H2,1-4H3,(H,44,49)(H,45,50). The van der Waals surface area contributed by atoms with Crippen molar-refractivity contribution in [3.8, 4) is 34.5 Å². The van der Waals surface area contributed by atoms with Gasteiger partial charge in [-0.05, 0) is 157 Å². The summed E-state index contributed by atoms with van der Waals surface area (Å²) in [6.45, 7) is 0.160. The number of rotatable bonds is 4. The fraction of sp³-hybridized carbons (Fsp3) is 0.263. The van der Waals surface area contributed by atoms with Crippen LogP contribution in [0.2, 0.25) is 0 Å². The molecule has 0 aromatic heterocycles. The Bertz CT molecular complexity index is 2160. The summed E-state index contributed by atoms with van der Waals surface area (Å²) in [6.07, 6.45) is -0.445. The zero-order chi connectivity index (χ0) is 40.5. The number of benzene rings is 4. The van der Waals surface area contributed by atoms with Crippen LogP contribution in [0.3, 0.4) is 0 Å². The van der Waals surface area contributed by atoms with E-state index in [1.807, 2.05) is 24.3 Å². The molecule has 4 heterocycles. The molecule has 4 aliphatic rings. The first-order chi connectivity index (χ1) is 26.8. The number of methoxy groups -OCH3 is 2. The van der Waals surface area contributed by atoms with Gasteiger partial charge in [0.25, 0.3) is 11.8 Å². The number of aliphatic hydroxyl groups excluding tert-OH is 1. The molecule has 56 heavy (non-hydrogen) atoms. The Morgan fingerprint density at radius 3 is 1.73 bits per heavy atom. The number of halogens is 5. The van der Waals surface area contributed by atoms with E-state index in [1.54, 1.807) is 30.3 Å². The summed E-state index contributed by atoms with van der Waals surface area (Å²) in [5.74, 6) is 1.54. The second kappa shape index (κ2) is 20.1. The van der Waals surface area contributed by atoms with Crippen LogP contribution < -0.4 is 29.6 Å². The lowest BCUT2D eigenvalue weighted by molar-refractivity contribution is -0.116. The summed E-state index contributed by atoms with van der Waals surface area (Å²) in [5.41, 5.74) is 2.93. The molecule has 0 radical (unpaired) electrons. The molecule has 13 nitrogen and oxygen atoms in total. The number of ether oxygens (including phenoxy) is 4. The summed E-state index contributed by atoms with van der Waals surface area (Å²) < 4.78 is 26.9. The van der Waals surface area contributed by atoms with E-state index in [9.17, 15) is 14.7 Å². The number of aliphatic hydroxyl groups is 1. The number of nitrogens with zero attached hydrogens (tertiary/aromatic N) is 2. The van der Waals surface area contributed by atoms with E-state index in [4.69, 9.17) is 28.6 Å². The van der Waals surface area contributed by atoms with Crippen molar-refractivity contribution < 1.29 is 43.3 Å². The maximum Gasteiger partial charge on any atom is 0.269 e. The second-order valence-electron chi connectivity index (χ2n) is 12.0. The van der Waals surface area contributed by atoms with Crippen LogP contribution in [0.4, 0.5) is 0 Å². The van der Waals surface area contributed by atoms with Crippen molar-refractivity contribution in [3.05, 3.63) is 99.2 Å². The molecular formula is C38H35Br5N4O9. The summed E-state index contributed by atoms with van der Waals surface area (Å²) >= 11 is 17.9. The molecule has 3 N–H and O–H groups in total. The number of hydrogen-bond acceptors (Lipinski definition) is 11. The van der Waals surface area contributed by atoms with Gasteiger partial charge in [-0.15, -0.1) is 0 Å². The second-order valence-corrected chi connectivity index (χ2v) is 16.3. The first-order valence-corrected chi connectivity index (χ1v) is 20.6. The number of oxime groups is 2. The predicted molar refractivity (Wildman–Crippen MR) is 228 cm³/mol. The fourth-order valence-corrected chi connectivity index (χ4v) is 8.85. The normalized spacial score (nSPS) is 16.9. The minimum Gasteiger partial charge on any atom is -0.492 e. The molecule has 4 aromatic rings. The first kappa shape index (κ1) is 43.4. The van der Waals surface area contributed by atoms with Crippen LogP contribution in [0.15, 0.2) is 87.3 Å². The van der Waals surface area contributed by atoms with Crippen molar-refractivity contribution in [1.29, 1.82) is 0 Å². The van der Waals surface area contributed by atoms with E-state index < -0.39 is 17.9 Å². The quantitative estimate of drug-likeness (QED) is 0.170. The minimum absolute atomic E-state index is 0.0397. The molecule has 8 rings (SSSR count). The van der Waals surface area contributed by atoms with Gasteiger partial charge in [0.15, 0.2) is 28.7 Å². The van der Waals surface area contributed by atoms with E-state index in [0.29, 0.717) is 74.4 Å². The van der Waals surface area contributed by atoms with Crippen molar-refractivity contribution in [2.45, 2.75) is 25.4 Å². The Labute approximate surface area is 365 Å². The fourth-order valence-electron chi connectivity index (χ4n) is 5.63. The maximum atomic E-state index is 13.4. The SMILES string of the molecule is CON=C1Cc2cc(Br)c(c(Br)c2)Oc2cc(cc(Br)c2OC)CC(=NOC)C(=O)NCC(O)c2ccc(c(Br)c2)Oc2cc(cc(Br)c2OC)CCNC1=O. The van der Waals surface area contributed by atoms with Gasteiger partial charge in [-0.25, -0.2) is 0 Å². The number of carbonyl (C=O) groups excluding carboxylic acids is 2. The monoisotopic (exact) mass is 1090 g/mol. The van der Waals surface area contributed by atoms with Crippen LogP contribution in [0.25, 0.3) is 0 Å². The molecule has 4 aliphatic heterocycles. The molecule has 4 aromatic carbocycles. The van der Waals surface area contributed by atoms with E-state index in [2.05, 4.69) is 101 Å². The molecule has 2 amide bonds. The van der Waals surface area contributed by atoms with Gasteiger partial charge in [-0.1, -0.05) is 16.4 Å². The molecule has 8 bridgehead atoms. The third-order valence-corrected chi connectivity index (χ3v) is 11.2. The van der Waals surface area contributed by atoms with E-state index in [1.165, 1.54) is 28.4 Å². The Morgan fingerprint density at radius 1 is 0.643 bits per heavy atom. The molecule has 1 atom stereocenters. The van der Waals surface area contributed by atoms with Crippen LogP contribution in [-0.4, -0.2) is 69.9 Å².